The monoisotopic (exact) mass is 354 g/mol. The average molecular weight is 354 g/mol. The third-order valence-corrected chi connectivity index (χ3v) is 4.61. The molecule has 1 fully saturated rings. The molecule has 5 heteroatoms. The minimum Gasteiger partial charge on any atom is -0.352 e. The van der Waals surface area contributed by atoms with E-state index in [-0.39, 0.29) is 17.6 Å². The molecule has 3 rings (SSSR count). The Balaban J connectivity index is 1.41. The number of likely N-dealkylation sites (tertiary alicyclic amines) is 1. The van der Waals surface area contributed by atoms with Gasteiger partial charge in [-0.1, -0.05) is 36.4 Å². The number of rotatable bonds is 7. The molecular weight excluding hydrogens is 331 g/mol. The van der Waals surface area contributed by atoms with Crippen LogP contribution in [0.4, 0.5) is 4.39 Å². The SMILES string of the molecule is O=C(CCc1ccc(F)cc1)NCc1ccc(CN2CCCC2=O)cc1. The van der Waals surface area contributed by atoms with Crippen LogP contribution in [0, 0.1) is 5.82 Å². The highest BCUT2D eigenvalue weighted by Gasteiger charge is 2.19. The lowest BCUT2D eigenvalue weighted by Gasteiger charge is -2.15. The van der Waals surface area contributed by atoms with E-state index in [0.717, 1.165) is 29.7 Å². The summed E-state index contributed by atoms with van der Waals surface area (Å²) in [5.74, 6) is -0.0701. The van der Waals surface area contributed by atoms with E-state index < -0.39 is 0 Å². The van der Waals surface area contributed by atoms with Crippen molar-refractivity contribution in [3.63, 3.8) is 0 Å². The Labute approximate surface area is 153 Å². The first kappa shape index (κ1) is 18.1. The molecule has 4 nitrogen and oxygen atoms in total. The Morgan fingerprint density at radius 3 is 2.31 bits per heavy atom. The molecule has 0 bridgehead atoms. The maximum atomic E-state index is 12.9. The molecule has 136 valence electrons. The van der Waals surface area contributed by atoms with Crippen molar-refractivity contribution < 1.29 is 14.0 Å². The van der Waals surface area contributed by atoms with Crippen LogP contribution in [-0.4, -0.2) is 23.3 Å². The van der Waals surface area contributed by atoms with Gasteiger partial charge in [-0.3, -0.25) is 9.59 Å². The summed E-state index contributed by atoms with van der Waals surface area (Å²) in [4.78, 5) is 25.5. The van der Waals surface area contributed by atoms with Crippen LogP contribution in [0.3, 0.4) is 0 Å². The van der Waals surface area contributed by atoms with Crippen LogP contribution in [0.5, 0.6) is 0 Å². The first-order valence-electron chi connectivity index (χ1n) is 8.97. The zero-order chi connectivity index (χ0) is 18.4. The first-order valence-corrected chi connectivity index (χ1v) is 8.97. The maximum absolute atomic E-state index is 12.9. The molecule has 0 saturated carbocycles. The minimum absolute atomic E-state index is 0.0268. The molecule has 1 heterocycles. The zero-order valence-corrected chi connectivity index (χ0v) is 14.7. The first-order chi connectivity index (χ1) is 12.6. The lowest BCUT2D eigenvalue weighted by Crippen LogP contribution is -2.24. The Morgan fingerprint density at radius 1 is 1.00 bits per heavy atom. The Morgan fingerprint density at radius 2 is 1.65 bits per heavy atom. The largest absolute Gasteiger partial charge is 0.352 e. The van der Waals surface area contributed by atoms with Gasteiger partial charge in [0.15, 0.2) is 0 Å². The highest BCUT2D eigenvalue weighted by atomic mass is 19.1. The summed E-state index contributed by atoms with van der Waals surface area (Å²) in [6, 6.07) is 14.2. The topological polar surface area (TPSA) is 49.4 Å². The second-order valence-electron chi connectivity index (χ2n) is 6.64. The molecule has 1 N–H and O–H groups in total. The van der Waals surface area contributed by atoms with E-state index in [9.17, 15) is 14.0 Å². The molecule has 0 aromatic heterocycles. The lowest BCUT2D eigenvalue weighted by molar-refractivity contribution is -0.128. The van der Waals surface area contributed by atoms with Crippen molar-refractivity contribution in [2.75, 3.05) is 6.54 Å². The van der Waals surface area contributed by atoms with E-state index in [1.807, 2.05) is 29.2 Å². The number of nitrogens with one attached hydrogen (secondary N) is 1. The molecule has 1 aliphatic heterocycles. The summed E-state index contributed by atoms with van der Waals surface area (Å²) in [5, 5.41) is 2.90. The van der Waals surface area contributed by atoms with E-state index in [1.54, 1.807) is 12.1 Å². The molecule has 2 aromatic rings. The van der Waals surface area contributed by atoms with Gasteiger partial charge in [-0.25, -0.2) is 4.39 Å². The van der Waals surface area contributed by atoms with E-state index in [2.05, 4.69) is 5.32 Å². The molecule has 0 aliphatic carbocycles. The zero-order valence-electron chi connectivity index (χ0n) is 14.7. The predicted molar refractivity (Wildman–Crippen MR) is 97.7 cm³/mol. The Hall–Kier alpha value is -2.69. The van der Waals surface area contributed by atoms with E-state index in [4.69, 9.17) is 0 Å². The summed E-state index contributed by atoms with van der Waals surface area (Å²) < 4.78 is 12.9. The Kier molecular flexibility index (Phi) is 6.00. The van der Waals surface area contributed by atoms with Crippen molar-refractivity contribution in [1.82, 2.24) is 10.2 Å². The number of aryl methyl sites for hydroxylation is 1. The number of hydrogen-bond acceptors (Lipinski definition) is 2. The van der Waals surface area contributed by atoms with Crippen LogP contribution in [0.1, 0.15) is 36.0 Å². The third-order valence-electron chi connectivity index (χ3n) is 4.61. The van der Waals surface area contributed by atoms with E-state index in [1.165, 1.54) is 12.1 Å². The number of hydrogen-bond donors (Lipinski definition) is 1. The standard InChI is InChI=1S/C21H23FN2O2/c22-19-10-7-16(8-11-19)9-12-20(25)23-14-17-3-5-18(6-4-17)15-24-13-1-2-21(24)26/h3-8,10-11H,1-2,9,12-15H2,(H,23,25). The minimum atomic E-state index is -0.268. The number of carbonyl (C=O) groups excluding carboxylic acids is 2. The van der Waals surface area contributed by atoms with Gasteiger partial charge >= 0.3 is 0 Å². The second kappa shape index (κ2) is 8.61. The summed E-state index contributed by atoms with van der Waals surface area (Å²) >= 11 is 0. The fourth-order valence-corrected chi connectivity index (χ4v) is 3.05. The van der Waals surface area contributed by atoms with Gasteiger partial charge in [0.05, 0.1) is 0 Å². The normalized spacial score (nSPS) is 13.9. The molecule has 0 radical (unpaired) electrons. The summed E-state index contributed by atoms with van der Waals surface area (Å²) in [5.41, 5.74) is 3.07. The number of benzene rings is 2. The molecule has 0 spiro atoms. The molecule has 1 saturated heterocycles. The smallest absolute Gasteiger partial charge is 0.222 e. The highest BCUT2D eigenvalue weighted by molar-refractivity contribution is 5.78. The lowest BCUT2D eigenvalue weighted by atomic mass is 10.1. The molecule has 1 aliphatic rings. The van der Waals surface area contributed by atoms with Crippen LogP contribution in [-0.2, 0) is 29.1 Å². The van der Waals surface area contributed by atoms with E-state index in [0.29, 0.717) is 32.4 Å². The number of amides is 2. The van der Waals surface area contributed by atoms with Crippen molar-refractivity contribution in [3.05, 3.63) is 71.0 Å². The van der Waals surface area contributed by atoms with Crippen molar-refractivity contribution >= 4 is 11.8 Å². The van der Waals surface area contributed by atoms with Crippen molar-refractivity contribution in [2.24, 2.45) is 0 Å². The molecular formula is C21H23FN2O2. The molecule has 26 heavy (non-hydrogen) atoms. The van der Waals surface area contributed by atoms with Crippen LogP contribution in [0.2, 0.25) is 0 Å². The van der Waals surface area contributed by atoms with Gasteiger partial charge in [0.2, 0.25) is 11.8 Å². The summed E-state index contributed by atoms with van der Waals surface area (Å²) in [6.07, 6.45) is 2.57. The van der Waals surface area contributed by atoms with Gasteiger partial charge in [0.25, 0.3) is 0 Å². The quantitative estimate of drug-likeness (QED) is 0.830. The maximum Gasteiger partial charge on any atom is 0.222 e. The fraction of sp³-hybridized carbons (Fsp3) is 0.333. The van der Waals surface area contributed by atoms with Gasteiger partial charge in [-0.05, 0) is 41.7 Å². The van der Waals surface area contributed by atoms with Crippen LogP contribution < -0.4 is 5.32 Å². The van der Waals surface area contributed by atoms with Crippen molar-refractivity contribution in [3.8, 4) is 0 Å². The molecule has 0 unspecified atom stereocenters. The second-order valence-corrected chi connectivity index (χ2v) is 6.64. The van der Waals surface area contributed by atoms with Crippen LogP contribution in [0.15, 0.2) is 48.5 Å². The molecule has 2 aromatic carbocycles. The van der Waals surface area contributed by atoms with Gasteiger partial charge in [0.1, 0.15) is 5.82 Å². The highest BCUT2D eigenvalue weighted by Crippen LogP contribution is 2.14. The number of halogens is 1. The molecule has 2 amide bonds. The van der Waals surface area contributed by atoms with Crippen LogP contribution >= 0.6 is 0 Å². The predicted octanol–water partition coefficient (Wildman–Crippen LogP) is 3.20. The van der Waals surface area contributed by atoms with Gasteiger partial charge in [-0.2, -0.15) is 0 Å². The van der Waals surface area contributed by atoms with Gasteiger partial charge < -0.3 is 10.2 Å². The fourth-order valence-electron chi connectivity index (χ4n) is 3.05. The average Bonchev–Trinajstić information content (AvgIpc) is 3.05. The van der Waals surface area contributed by atoms with Crippen LogP contribution in [0.25, 0.3) is 0 Å². The number of carbonyl (C=O) groups is 2. The van der Waals surface area contributed by atoms with Gasteiger partial charge in [0, 0.05) is 32.5 Å². The summed E-state index contributed by atoms with van der Waals surface area (Å²) in [6.45, 7) is 1.97. The van der Waals surface area contributed by atoms with Crippen molar-refractivity contribution in [2.45, 2.75) is 38.8 Å². The third kappa shape index (κ3) is 5.15. The van der Waals surface area contributed by atoms with Gasteiger partial charge in [-0.15, -0.1) is 0 Å². The summed E-state index contributed by atoms with van der Waals surface area (Å²) in [7, 11) is 0. The Bertz CT molecular complexity index is 757. The van der Waals surface area contributed by atoms with Crippen molar-refractivity contribution in [1.29, 1.82) is 0 Å². The molecule has 0 atom stereocenters. The number of nitrogens with zero attached hydrogens (tertiary/aromatic N) is 1. The van der Waals surface area contributed by atoms with E-state index >= 15 is 0 Å².